The van der Waals surface area contributed by atoms with Crippen LogP contribution in [-0.2, 0) is 6.18 Å². The minimum Gasteiger partial charge on any atom is -0.321 e. The van der Waals surface area contributed by atoms with Gasteiger partial charge in [0.15, 0.2) is 0 Å². The molecular weight excluding hydrogens is 223 g/mol. The van der Waals surface area contributed by atoms with Crippen molar-refractivity contribution in [1.82, 2.24) is 20.2 Å². The maximum atomic E-state index is 12.3. The average molecular weight is 229 g/mol. The fourth-order valence-corrected chi connectivity index (χ4v) is 1.03. The number of hydrogen-bond donors (Lipinski definition) is 2. The lowest BCUT2D eigenvalue weighted by molar-refractivity contribution is -0.141. The summed E-state index contributed by atoms with van der Waals surface area (Å²) in [5.41, 5.74) is -0.507. The summed E-state index contributed by atoms with van der Waals surface area (Å²) in [7, 11) is 0. The van der Waals surface area contributed by atoms with Gasteiger partial charge in [0, 0.05) is 12.4 Å². The van der Waals surface area contributed by atoms with E-state index in [9.17, 15) is 13.2 Å². The molecule has 2 N–H and O–H groups in total. The molecule has 0 atom stereocenters. The van der Waals surface area contributed by atoms with Crippen molar-refractivity contribution in [2.24, 2.45) is 0 Å². The Bertz CT molecular complexity index is 465. The molecule has 2 aromatic rings. The molecule has 8 heteroatoms. The summed E-state index contributed by atoms with van der Waals surface area (Å²) < 4.78 is 36.9. The third kappa shape index (κ3) is 2.27. The van der Waals surface area contributed by atoms with Gasteiger partial charge in [-0.2, -0.15) is 18.3 Å². The van der Waals surface area contributed by atoms with Crippen LogP contribution < -0.4 is 5.32 Å². The Morgan fingerprint density at radius 3 is 2.75 bits per heavy atom. The highest BCUT2D eigenvalue weighted by Crippen LogP contribution is 2.27. The van der Waals surface area contributed by atoms with Gasteiger partial charge in [0.25, 0.3) is 0 Å². The van der Waals surface area contributed by atoms with Crippen LogP contribution in [0.25, 0.3) is 0 Å². The van der Waals surface area contributed by atoms with Crippen LogP contribution in [0.4, 0.5) is 24.8 Å². The number of nitrogens with zero attached hydrogens (tertiary/aromatic N) is 3. The van der Waals surface area contributed by atoms with Gasteiger partial charge in [-0.15, -0.1) is 0 Å². The smallest absolute Gasteiger partial charge is 0.321 e. The van der Waals surface area contributed by atoms with Crippen molar-refractivity contribution in [2.45, 2.75) is 6.18 Å². The van der Waals surface area contributed by atoms with Gasteiger partial charge in [0.2, 0.25) is 5.95 Å². The molecule has 16 heavy (non-hydrogen) atoms. The van der Waals surface area contributed by atoms with Crippen LogP contribution in [0.3, 0.4) is 0 Å². The zero-order valence-electron chi connectivity index (χ0n) is 7.78. The van der Waals surface area contributed by atoms with E-state index in [1.807, 2.05) is 0 Å². The first-order valence-corrected chi connectivity index (χ1v) is 4.22. The number of halogens is 3. The fraction of sp³-hybridized carbons (Fsp3) is 0.125. The van der Waals surface area contributed by atoms with E-state index in [0.29, 0.717) is 5.69 Å². The highest BCUT2D eigenvalue weighted by Gasteiger charge is 2.32. The minimum atomic E-state index is -4.48. The van der Waals surface area contributed by atoms with Crippen LogP contribution in [0.2, 0.25) is 0 Å². The van der Waals surface area contributed by atoms with Gasteiger partial charge in [-0.25, -0.2) is 9.97 Å². The molecule has 0 aliphatic heterocycles. The summed E-state index contributed by atoms with van der Waals surface area (Å²) in [5.74, 6) is -0.128. The number of H-pyrrole nitrogens is 1. The molecule has 0 amide bonds. The van der Waals surface area contributed by atoms with Gasteiger partial charge < -0.3 is 5.32 Å². The molecule has 0 aliphatic carbocycles. The Hall–Kier alpha value is -2.12. The first-order chi connectivity index (χ1) is 7.55. The van der Waals surface area contributed by atoms with Crippen molar-refractivity contribution >= 4 is 11.6 Å². The number of rotatable bonds is 2. The van der Waals surface area contributed by atoms with Gasteiger partial charge in [0.05, 0.1) is 11.9 Å². The molecule has 0 unspecified atom stereocenters. The van der Waals surface area contributed by atoms with Crippen LogP contribution in [0.15, 0.2) is 24.7 Å². The molecule has 0 spiro atoms. The summed E-state index contributed by atoms with van der Waals surface area (Å²) in [5, 5.41) is 8.71. The van der Waals surface area contributed by atoms with Gasteiger partial charge >= 0.3 is 6.18 Å². The third-order valence-corrected chi connectivity index (χ3v) is 1.70. The number of anilines is 2. The van der Waals surface area contributed by atoms with Crippen LogP contribution in [0.5, 0.6) is 0 Å². The molecule has 0 fully saturated rings. The average Bonchev–Trinajstić information content (AvgIpc) is 2.70. The predicted molar refractivity (Wildman–Crippen MR) is 48.9 cm³/mol. The Morgan fingerprint density at radius 2 is 2.12 bits per heavy atom. The molecule has 2 heterocycles. The van der Waals surface area contributed by atoms with Crippen molar-refractivity contribution in [3.05, 3.63) is 30.4 Å². The van der Waals surface area contributed by atoms with Gasteiger partial charge in [0.1, 0.15) is 5.69 Å². The van der Waals surface area contributed by atoms with Crippen molar-refractivity contribution < 1.29 is 13.2 Å². The standard InChI is InChI=1S/C8H6F3N5/c9-8(10,11)6-1-2-12-7(16-6)15-5-3-13-14-4-5/h1-4H,(H,13,14)(H,12,15,16). The summed E-state index contributed by atoms with van der Waals surface area (Å²) in [6, 6.07) is 0.806. The number of aromatic nitrogens is 4. The molecule has 5 nitrogen and oxygen atoms in total. The second-order valence-electron chi connectivity index (χ2n) is 2.88. The topological polar surface area (TPSA) is 66.5 Å². The lowest BCUT2D eigenvalue weighted by Gasteiger charge is -2.06. The van der Waals surface area contributed by atoms with Crippen LogP contribution in [-0.4, -0.2) is 20.2 Å². The monoisotopic (exact) mass is 229 g/mol. The summed E-state index contributed by atoms with van der Waals surface area (Å²) in [6.45, 7) is 0. The molecule has 84 valence electrons. The Balaban J connectivity index is 2.23. The van der Waals surface area contributed by atoms with Gasteiger partial charge in [-0.3, -0.25) is 5.10 Å². The van der Waals surface area contributed by atoms with E-state index < -0.39 is 11.9 Å². The molecule has 0 aliphatic rings. The van der Waals surface area contributed by atoms with Gasteiger partial charge in [-0.05, 0) is 6.07 Å². The molecular formula is C8H6F3N5. The largest absolute Gasteiger partial charge is 0.433 e. The second-order valence-corrected chi connectivity index (χ2v) is 2.88. The number of aromatic amines is 1. The zero-order chi connectivity index (χ0) is 11.6. The van der Waals surface area contributed by atoms with Crippen LogP contribution >= 0.6 is 0 Å². The van der Waals surface area contributed by atoms with Gasteiger partial charge in [-0.1, -0.05) is 0 Å². The zero-order valence-corrected chi connectivity index (χ0v) is 7.78. The molecule has 0 bridgehead atoms. The van der Waals surface area contributed by atoms with E-state index in [2.05, 4.69) is 25.5 Å². The highest BCUT2D eigenvalue weighted by molar-refractivity contribution is 5.49. The first-order valence-electron chi connectivity index (χ1n) is 4.22. The number of nitrogens with one attached hydrogen (secondary N) is 2. The third-order valence-electron chi connectivity index (χ3n) is 1.70. The van der Waals surface area contributed by atoms with E-state index >= 15 is 0 Å². The molecule has 0 saturated heterocycles. The normalized spacial score (nSPS) is 11.4. The molecule has 2 rings (SSSR count). The molecule has 0 aromatic carbocycles. The molecule has 2 aromatic heterocycles. The minimum absolute atomic E-state index is 0.128. The SMILES string of the molecule is FC(F)(F)c1ccnc(Nc2cn[nH]c2)n1. The van der Waals surface area contributed by atoms with Crippen molar-refractivity contribution in [3.8, 4) is 0 Å². The van der Waals surface area contributed by atoms with Crippen molar-refractivity contribution in [3.63, 3.8) is 0 Å². The molecule has 0 saturated carbocycles. The Morgan fingerprint density at radius 1 is 1.31 bits per heavy atom. The first kappa shape index (κ1) is 10.4. The summed E-state index contributed by atoms with van der Waals surface area (Å²) in [6.07, 6.45) is -0.554. The molecule has 0 radical (unpaired) electrons. The Labute approximate surface area is 87.7 Å². The van der Waals surface area contributed by atoms with Crippen molar-refractivity contribution in [2.75, 3.05) is 5.32 Å². The predicted octanol–water partition coefficient (Wildman–Crippen LogP) is 1.96. The van der Waals surface area contributed by atoms with Crippen LogP contribution in [0, 0.1) is 0 Å². The maximum absolute atomic E-state index is 12.3. The fourth-order valence-electron chi connectivity index (χ4n) is 1.03. The number of alkyl halides is 3. The van der Waals surface area contributed by atoms with Crippen LogP contribution in [0.1, 0.15) is 5.69 Å². The summed E-state index contributed by atoms with van der Waals surface area (Å²) in [4.78, 5) is 6.99. The summed E-state index contributed by atoms with van der Waals surface area (Å²) >= 11 is 0. The lowest BCUT2D eigenvalue weighted by Crippen LogP contribution is -2.09. The Kier molecular flexibility index (Phi) is 2.47. The lowest BCUT2D eigenvalue weighted by atomic mass is 10.4. The number of hydrogen-bond acceptors (Lipinski definition) is 4. The van der Waals surface area contributed by atoms with E-state index in [1.165, 1.54) is 12.4 Å². The van der Waals surface area contributed by atoms with Crippen molar-refractivity contribution in [1.29, 1.82) is 0 Å². The maximum Gasteiger partial charge on any atom is 0.433 e. The highest BCUT2D eigenvalue weighted by atomic mass is 19.4. The second kappa shape index (κ2) is 3.80. The van der Waals surface area contributed by atoms with E-state index in [0.717, 1.165) is 12.3 Å². The quantitative estimate of drug-likeness (QED) is 0.826. The van der Waals surface area contributed by atoms with E-state index in [-0.39, 0.29) is 5.95 Å². The van der Waals surface area contributed by atoms with E-state index in [4.69, 9.17) is 0 Å². The van der Waals surface area contributed by atoms with E-state index in [1.54, 1.807) is 0 Å².